The highest BCUT2D eigenvalue weighted by Crippen LogP contribution is 2.28. The molecule has 1 aliphatic heterocycles. The van der Waals surface area contributed by atoms with Gasteiger partial charge in [0.25, 0.3) is 0 Å². The highest BCUT2D eigenvalue weighted by molar-refractivity contribution is 5.92. The summed E-state index contributed by atoms with van der Waals surface area (Å²) in [7, 11) is 1.96. The second kappa shape index (κ2) is 6.06. The van der Waals surface area contributed by atoms with Crippen molar-refractivity contribution in [1.82, 2.24) is 10.3 Å². The van der Waals surface area contributed by atoms with Gasteiger partial charge in [-0.3, -0.25) is 9.78 Å². The SMILES string of the molecule is CNC(c1ccncc1)c1ccc2c(c1)CCCC(=O)N2. The Balaban J connectivity index is 1.95. The van der Waals surface area contributed by atoms with Crippen LogP contribution in [0.4, 0.5) is 5.69 Å². The molecule has 0 radical (unpaired) electrons. The number of pyridine rings is 1. The number of hydrogen-bond donors (Lipinski definition) is 2. The Labute approximate surface area is 124 Å². The van der Waals surface area contributed by atoms with Crippen LogP contribution in [0.15, 0.2) is 42.7 Å². The number of aryl methyl sites for hydroxylation is 1. The van der Waals surface area contributed by atoms with Crippen molar-refractivity contribution in [3.63, 3.8) is 0 Å². The van der Waals surface area contributed by atoms with Crippen molar-refractivity contribution >= 4 is 11.6 Å². The quantitative estimate of drug-likeness (QED) is 0.909. The Hall–Kier alpha value is -2.20. The van der Waals surface area contributed by atoms with Gasteiger partial charge in [0.15, 0.2) is 0 Å². The van der Waals surface area contributed by atoms with E-state index in [0.29, 0.717) is 6.42 Å². The number of nitrogens with zero attached hydrogens (tertiary/aromatic N) is 1. The van der Waals surface area contributed by atoms with E-state index < -0.39 is 0 Å². The summed E-state index contributed by atoms with van der Waals surface area (Å²) in [6, 6.07) is 10.5. The van der Waals surface area contributed by atoms with Crippen LogP contribution in [0.5, 0.6) is 0 Å². The van der Waals surface area contributed by atoms with Crippen LogP contribution in [0, 0.1) is 0 Å². The van der Waals surface area contributed by atoms with E-state index >= 15 is 0 Å². The molecule has 4 heteroatoms. The minimum atomic E-state index is 0.112. The maximum Gasteiger partial charge on any atom is 0.224 e. The fraction of sp³-hybridized carbons (Fsp3) is 0.294. The number of benzene rings is 1. The second-order valence-electron chi connectivity index (χ2n) is 5.32. The molecule has 4 nitrogen and oxygen atoms in total. The zero-order valence-electron chi connectivity index (χ0n) is 12.1. The molecule has 2 N–H and O–H groups in total. The van der Waals surface area contributed by atoms with Crippen LogP contribution in [0.2, 0.25) is 0 Å². The van der Waals surface area contributed by atoms with E-state index in [2.05, 4.69) is 27.8 Å². The first-order valence-electron chi connectivity index (χ1n) is 7.28. The summed E-state index contributed by atoms with van der Waals surface area (Å²) in [6.45, 7) is 0. The number of amides is 1. The zero-order chi connectivity index (χ0) is 14.7. The van der Waals surface area contributed by atoms with Crippen LogP contribution in [0.1, 0.15) is 35.6 Å². The van der Waals surface area contributed by atoms with Gasteiger partial charge in [-0.05, 0) is 54.8 Å². The van der Waals surface area contributed by atoms with Gasteiger partial charge in [-0.25, -0.2) is 0 Å². The molecule has 3 rings (SSSR count). The van der Waals surface area contributed by atoms with Crippen LogP contribution < -0.4 is 10.6 Å². The van der Waals surface area contributed by atoms with Crippen LogP contribution in [0.3, 0.4) is 0 Å². The molecular weight excluding hydrogens is 262 g/mol. The van der Waals surface area contributed by atoms with Gasteiger partial charge in [-0.2, -0.15) is 0 Å². The molecule has 0 saturated heterocycles. The Morgan fingerprint density at radius 2 is 1.95 bits per heavy atom. The van der Waals surface area contributed by atoms with Gasteiger partial charge in [-0.15, -0.1) is 0 Å². The molecular formula is C17H19N3O. The van der Waals surface area contributed by atoms with Crippen molar-refractivity contribution in [2.45, 2.75) is 25.3 Å². The molecule has 1 amide bonds. The van der Waals surface area contributed by atoms with Crippen molar-refractivity contribution in [3.05, 3.63) is 59.4 Å². The molecule has 1 aromatic carbocycles. The van der Waals surface area contributed by atoms with E-state index in [-0.39, 0.29) is 11.9 Å². The van der Waals surface area contributed by atoms with Gasteiger partial charge in [0.1, 0.15) is 0 Å². The van der Waals surface area contributed by atoms with Crippen molar-refractivity contribution in [3.8, 4) is 0 Å². The molecule has 108 valence electrons. The predicted molar refractivity (Wildman–Crippen MR) is 83.1 cm³/mol. The fourth-order valence-electron chi connectivity index (χ4n) is 2.86. The molecule has 0 aliphatic carbocycles. The number of anilines is 1. The average Bonchev–Trinajstić information content (AvgIpc) is 2.69. The first-order valence-corrected chi connectivity index (χ1v) is 7.28. The van der Waals surface area contributed by atoms with E-state index in [0.717, 1.165) is 18.5 Å². The van der Waals surface area contributed by atoms with Gasteiger partial charge >= 0.3 is 0 Å². The number of nitrogens with one attached hydrogen (secondary N) is 2. The summed E-state index contributed by atoms with van der Waals surface area (Å²) >= 11 is 0. The molecule has 1 atom stereocenters. The summed E-state index contributed by atoms with van der Waals surface area (Å²) in [6.07, 6.45) is 6.06. The Kier molecular flexibility index (Phi) is 3.97. The third-order valence-electron chi connectivity index (χ3n) is 3.91. The number of fused-ring (bicyclic) bond motifs is 1. The van der Waals surface area contributed by atoms with Gasteiger partial charge in [0.2, 0.25) is 5.91 Å². The Morgan fingerprint density at radius 3 is 2.71 bits per heavy atom. The molecule has 0 bridgehead atoms. The highest BCUT2D eigenvalue weighted by atomic mass is 16.1. The van der Waals surface area contributed by atoms with Gasteiger partial charge in [0, 0.05) is 24.5 Å². The molecule has 1 aromatic heterocycles. The molecule has 1 unspecified atom stereocenters. The topological polar surface area (TPSA) is 54.0 Å². The standard InChI is InChI=1S/C17H19N3O/c1-18-17(12-7-9-19-10-8-12)14-5-6-15-13(11-14)3-2-4-16(21)20-15/h5-11,17-18H,2-4H2,1H3,(H,20,21). The molecule has 2 heterocycles. The zero-order valence-corrected chi connectivity index (χ0v) is 12.1. The summed E-state index contributed by atoms with van der Waals surface area (Å²) < 4.78 is 0. The predicted octanol–water partition coefficient (Wildman–Crippen LogP) is 2.67. The maximum atomic E-state index is 11.6. The summed E-state index contributed by atoms with van der Waals surface area (Å²) in [5.41, 5.74) is 4.56. The van der Waals surface area contributed by atoms with Gasteiger partial charge in [-0.1, -0.05) is 12.1 Å². The molecule has 21 heavy (non-hydrogen) atoms. The summed E-state index contributed by atoms with van der Waals surface area (Å²) in [4.78, 5) is 15.7. The number of carbonyl (C=O) groups is 1. The smallest absolute Gasteiger partial charge is 0.224 e. The van der Waals surface area contributed by atoms with Crippen molar-refractivity contribution in [2.24, 2.45) is 0 Å². The van der Waals surface area contributed by atoms with E-state index in [1.807, 2.05) is 37.6 Å². The van der Waals surface area contributed by atoms with Crippen molar-refractivity contribution < 1.29 is 4.79 Å². The summed E-state index contributed by atoms with van der Waals surface area (Å²) in [5, 5.41) is 6.33. The first kappa shape index (κ1) is 13.8. The molecule has 2 aromatic rings. The fourth-order valence-corrected chi connectivity index (χ4v) is 2.86. The lowest BCUT2D eigenvalue weighted by Crippen LogP contribution is -2.18. The minimum Gasteiger partial charge on any atom is -0.326 e. The van der Waals surface area contributed by atoms with Crippen LogP contribution in [-0.4, -0.2) is 17.9 Å². The second-order valence-corrected chi connectivity index (χ2v) is 5.32. The van der Waals surface area contributed by atoms with Gasteiger partial charge < -0.3 is 10.6 Å². The van der Waals surface area contributed by atoms with Gasteiger partial charge in [0.05, 0.1) is 6.04 Å². The maximum absolute atomic E-state index is 11.6. The largest absolute Gasteiger partial charge is 0.326 e. The third-order valence-corrected chi connectivity index (χ3v) is 3.91. The van der Waals surface area contributed by atoms with E-state index in [4.69, 9.17) is 0 Å². The number of hydrogen-bond acceptors (Lipinski definition) is 3. The monoisotopic (exact) mass is 281 g/mol. The first-order chi connectivity index (χ1) is 10.3. The average molecular weight is 281 g/mol. The van der Waals surface area contributed by atoms with Crippen LogP contribution in [0.25, 0.3) is 0 Å². The lowest BCUT2D eigenvalue weighted by molar-refractivity contribution is -0.116. The number of rotatable bonds is 3. The molecule has 0 fully saturated rings. The Morgan fingerprint density at radius 1 is 1.14 bits per heavy atom. The van der Waals surface area contributed by atoms with Crippen molar-refractivity contribution in [2.75, 3.05) is 12.4 Å². The molecule has 1 aliphatic rings. The van der Waals surface area contributed by atoms with E-state index in [1.54, 1.807) is 0 Å². The van der Waals surface area contributed by atoms with Crippen molar-refractivity contribution in [1.29, 1.82) is 0 Å². The lowest BCUT2D eigenvalue weighted by atomic mass is 9.96. The Bertz CT molecular complexity index is 640. The number of aromatic nitrogens is 1. The summed E-state index contributed by atoms with van der Waals surface area (Å²) in [5.74, 6) is 0.112. The highest BCUT2D eigenvalue weighted by Gasteiger charge is 2.17. The van der Waals surface area contributed by atoms with Crippen LogP contribution >= 0.6 is 0 Å². The third kappa shape index (κ3) is 2.95. The molecule has 0 spiro atoms. The van der Waals surface area contributed by atoms with E-state index in [9.17, 15) is 4.79 Å². The minimum absolute atomic E-state index is 0.112. The molecule has 0 saturated carbocycles. The van der Waals surface area contributed by atoms with Crippen LogP contribution in [-0.2, 0) is 11.2 Å². The normalized spacial score (nSPS) is 15.8. The number of carbonyl (C=O) groups excluding carboxylic acids is 1. The van der Waals surface area contributed by atoms with E-state index in [1.165, 1.54) is 16.7 Å². The lowest BCUT2D eigenvalue weighted by Gasteiger charge is -2.19.